The van der Waals surface area contributed by atoms with Crippen LogP contribution in [0.2, 0.25) is 5.02 Å². The lowest BCUT2D eigenvalue weighted by Gasteiger charge is -2.33. The first-order chi connectivity index (χ1) is 16.4. The molecule has 2 amide bonds. The Bertz CT molecular complexity index is 1150. The third kappa shape index (κ3) is 5.54. The number of nitrogens with one attached hydrogen (secondary N) is 1. The lowest BCUT2D eigenvalue weighted by molar-refractivity contribution is -0.131. The van der Waals surface area contributed by atoms with Crippen molar-refractivity contribution >= 4 is 29.4 Å². The third-order valence-electron chi connectivity index (χ3n) is 5.96. The average molecular weight is 478 g/mol. The highest BCUT2D eigenvalue weighted by molar-refractivity contribution is 6.30. The number of amides is 2. The molecule has 0 bridgehead atoms. The minimum atomic E-state index is -0.251. The van der Waals surface area contributed by atoms with E-state index in [0.29, 0.717) is 29.6 Å². The number of hydrogen-bond acceptors (Lipinski definition) is 5. The Labute approximate surface area is 204 Å². The normalized spacial score (nSPS) is 15.6. The Kier molecular flexibility index (Phi) is 7.43. The highest BCUT2D eigenvalue weighted by atomic mass is 35.5. The van der Waals surface area contributed by atoms with E-state index < -0.39 is 0 Å². The maximum atomic E-state index is 12.9. The topological polar surface area (TPSA) is 78.4 Å². The van der Waals surface area contributed by atoms with Crippen LogP contribution in [-0.4, -0.2) is 60.4 Å². The van der Waals surface area contributed by atoms with Gasteiger partial charge in [0.2, 0.25) is 11.9 Å². The van der Waals surface area contributed by atoms with Crippen LogP contribution in [0.15, 0.2) is 60.8 Å². The summed E-state index contributed by atoms with van der Waals surface area (Å²) in [4.78, 5) is 38.4. The van der Waals surface area contributed by atoms with Gasteiger partial charge in [-0.15, -0.1) is 0 Å². The Morgan fingerprint density at radius 2 is 1.85 bits per heavy atom. The molecule has 34 heavy (non-hydrogen) atoms. The van der Waals surface area contributed by atoms with E-state index in [1.165, 1.54) is 0 Å². The van der Waals surface area contributed by atoms with E-state index in [2.05, 4.69) is 10.3 Å². The maximum Gasteiger partial charge on any atom is 0.251 e. The zero-order chi connectivity index (χ0) is 24.1. The van der Waals surface area contributed by atoms with Gasteiger partial charge in [0, 0.05) is 55.4 Å². The lowest BCUT2D eigenvalue weighted by atomic mass is 9.90. The molecule has 0 saturated carbocycles. The molecule has 1 fully saturated rings. The molecule has 2 aromatic carbocycles. The van der Waals surface area contributed by atoms with Crippen molar-refractivity contribution in [3.63, 3.8) is 0 Å². The third-order valence-corrected chi connectivity index (χ3v) is 6.21. The van der Waals surface area contributed by atoms with Gasteiger partial charge in [-0.25, -0.2) is 9.97 Å². The number of carbonyl (C=O) groups excluding carboxylic acids is 2. The minimum absolute atomic E-state index is 0.0305. The van der Waals surface area contributed by atoms with Crippen molar-refractivity contribution in [2.45, 2.75) is 18.8 Å². The summed E-state index contributed by atoms with van der Waals surface area (Å²) in [6.45, 7) is 1.18. The molecule has 1 aromatic heterocycles. The first-order valence-electron chi connectivity index (χ1n) is 11.3. The van der Waals surface area contributed by atoms with Gasteiger partial charge in [-0.3, -0.25) is 9.59 Å². The summed E-state index contributed by atoms with van der Waals surface area (Å²) in [6, 6.07) is 16.5. The van der Waals surface area contributed by atoms with Gasteiger partial charge in [0.25, 0.3) is 5.91 Å². The zero-order valence-corrected chi connectivity index (χ0v) is 20.1. The summed E-state index contributed by atoms with van der Waals surface area (Å²) in [5.41, 5.74) is 3.39. The molecule has 2 heterocycles. The first-order valence-corrected chi connectivity index (χ1v) is 11.7. The molecular weight excluding hydrogens is 450 g/mol. The van der Waals surface area contributed by atoms with Crippen LogP contribution in [0, 0.1) is 0 Å². The van der Waals surface area contributed by atoms with Crippen LogP contribution in [-0.2, 0) is 4.79 Å². The molecule has 1 saturated heterocycles. The van der Waals surface area contributed by atoms with Gasteiger partial charge < -0.3 is 15.1 Å². The van der Waals surface area contributed by atoms with Crippen molar-refractivity contribution in [3.8, 4) is 11.1 Å². The second kappa shape index (κ2) is 10.7. The number of piperidine rings is 1. The summed E-state index contributed by atoms with van der Waals surface area (Å²) in [5, 5.41) is 3.41. The van der Waals surface area contributed by atoms with Gasteiger partial charge in [-0.05, 0) is 42.7 Å². The summed E-state index contributed by atoms with van der Waals surface area (Å²) in [7, 11) is 3.82. The van der Waals surface area contributed by atoms with Crippen LogP contribution in [0.25, 0.3) is 11.1 Å². The second-order valence-corrected chi connectivity index (χ2v) is 9.03. The van der Waals surface area contributed by atoms with E-state index in [1.54, 1.807) is 24.3 Å². The quantitative estimate of drug-likeness (QED) is 0.580. The molecule has 7 nitrogen and oxygen atoms in total. The van der Waals surface area contributed by atoms with Gasteiger partial charge in [0.15, 0.2) is 0 Å². The smallest absolute Gasteiger partial charge is 0.251 e. The fourth-order valence-electron chi connectivity index (χ4n) is 4.15. The Hall–Kier alpha value is -3.45. The van der Waals surface area contributed by atoms with Gasteiger partial charge in [-0.1, -0.05) is 41.9 Å². The molecule has 1 unspecified atom stereocenters. The van der Waals surface area contributed by atoms with Gasteiger partial charge in [0.05, 0.1) is 12.2 Å². The SMILES string of the molecule is CN(C)c1ncc(-c2ccc(Cl)cc2)c(C2CCCN(C(=O)CNC(=O)c3ccccc3)C2)n1. The van der Waals surface area contributed by atoms with Crippen molar-refractivity contribution in [2.75, 3.05) is 38.6 Å². The van der Waals surface area contributed by atoms with Crippen molar-refractivity contribution in [2.24, 2.45) is 0 Å². The molecule has 1 N–H and O–H groups in total. The molecule has 0 radical (unpaired) electrons. The van der Waals surface area contributed by atoms with Crippen LogP contribution >= 0.6 is 11.6 Å². The molecule has 8 heteroatoms. The maximum absolute atomic E-state index is 12.9. The Balaban J connectivity index is 1.51. The summed E-state index contributed by atoms with van der Waals surface area (Å²) >= 11 is 6.09. The van der Waals surface area contributed by atoms with Crippen LogP contribution in [0.4, 0.5) is 5.95 Å². The molecule has 3 aromatic rings. The van der Waals surface area contributed by atoms with E-state index in [-0.39, 0.29) is 24.3 Å². The fourth-order valence-corrected chi connectivity index (χ4v) is 4.28. The highest BCUT2D eigenvalue weighted by Crippen LogP contribution is 2.34. The molecule has 176 valence electrons. The number of halogens is 1. The van der Waals surface area contributed by atoms with E-state index in [9.17, 15) is 9.59 Å². The number of anilines is 1. The Morgan fingerprint density at radius 3 is 2.56 bits per heavy atom. The molecule has 0 spiro atoms. The van der Waals surface area contributed by atoms with Crippen molar-refractivity contribution < 1.29 is 9.59 Å². The van der Waals surface area contributed by atoms with Crippen LogP contribution in [0.3, 0.4) is 0 Å². The molecular formula is C26H28ClN5O2. The second-order valence-electron chi connectivity index (χ2n) is 8.60. The predicted octanol–water partition coefficient (Wildman–Crippen LogP) is 4.00. The number of rotatable bonds is 6. The van der Waals surface area contributed by atoms with E-state index >= 15 is 0 Å². The largest absolute Gasteiger partial charge is 0.347 e. The van der Waals surface area contributed by atoms with Crippen molar-refractivity contribution in [1.82, 2.24) is 20.2 Å². The lowest BCUT2D eigenvalue weighted by Crippen LogP contribution is -2.44. The number of nitrogens with zero attached hydrogens (tertiary/aromatic N) is 4. The highest BCUT2D eigenvalue weighted by Gasteiger charge is 2.28. The van der Waals surface area contributed by atoms with E-state index in [0.717, 1.165) is 29.7 Å². The predicted molar refractivity (Wildman–Crippen MR) is 134 cm³/mol. The number of likely N-dealkylation sites (tertiary alicyclic amines) is 1. The van der Waals surface area contributed by atoms with Crippen molar-refractivity contribution in [3.05, 3.63) is 77.1 Å². The number of carbonyl (C=O) groups is 2. The Morgan fingerprint density at radius 1 is 1.12 bits per heavy atom. The molecule has 1 aliphatic rings. The molecule has 4 rings (SSSR count). The van der Waals surface area contributed by atoms with Gasteiger partial charge >= 0.3 is 0 Å². The van der Waals surface area contributed by atoms with Crippen molar-refractivity contribution in [1.29, 1.82) is 0 Å². The number of benzene rings is 2. The minimum Gasteiger partial charge on any atom is -0.347 e. The van der Waals surface area contributed by atoms with Crippen LogP contribution in [0.5, 0.6) is 0 Å². The summed E-state index contributed by atoms with van der Waals surface area (Å²) in [6.07, 6.45) is 3.64. The van der Waals surface area contributed by atoms with Crippen LogP contribution < -0.4 is 10.2 Å². The fraction of sp³-hybridized carbons (Fsp3) is 0.308. The van der Waals surface area contributed by atoms with Gasteiger partial charge in [0.1, 0.15) is 0 Å². The summed E-state index contributed by atoms with van der Waals surface area (Å²) in [5.74, 6) is 0.351. The molecule has 1 atom stereocenters. The van der Waals surface area contributed by atoms with E-state index in [1.807, 2.05) is 60.4 Å². The van der Waals surface area contributed by atoms with Gasteiger partial charge in [-0.2, -0.15) is 0 Å². The molecule has 0 aliphatic carbocycles. The molecule has 1 aliphatic heterocycles. The number of aromatic nitrogens is 2. The first kappa shape index (κ1) is 23.7. The monoisotopic (exact) mass is 477 g/mol. The summed E-state index contributed by atoms with van der Waals surface area (Å²) < 4.78 is 0. The number of hydrogen-bond donors (Lipinski definition) is 1. The van der Waals surface area contributed by atoms with Crippen LogP contribution in [0.1, 0.15) is 34.8 Å². The van der Waals surface area contributed by atoms with E-state index in [4.69, 9.17) is 16.6 Å². The standard InChI is InChI=1S/C26H28ClN5O2/c1-31(2)26-29-15-22(18-10-12-21(27)13-11-18)24(30-26)20-9-6-14-32(17-20)23(33)16-28-25(34)19-7-4-3-5-8-19/h3-5,7-8,10-13,15,20H,6,9,14,16-17H2,1-2H3,(H,28,34). The zero-order valence-electron chi connectivity index (χ0n) is 19.4. The average Bonchev–Trinajstić information content (AvgIpc) is 2.87.